The van der Waals surface area contributed by atoms with Crippen LogP contribution in [0, 0.1) is 5.82 Å². The molecular weight excluding hydrogens is 281 g/mol. The maximum atomic E-state index is 13.5. The van der Waals surface area contributed by atoms with E-state index in [9.17, 15) is 14.0 Å². The molecule has 0 aromatic heterocycles. The molecule has 2 saturated heterocycles. The molecule has 0 radical (unpaired) electrons. The van der Waals surface area contributed by atoms with E-state index in [-0.39, 0.29) is 16.5 Å². The van der Waals surface area contributed by atoms with Crippen LogP contribution < -0.4 is 4.74 Å². The van der Waals surface area contributed by atoms with E-state index >= 15 is 0 Å². The number of halogens is 1. The number of amides is 1. The zero-order valence-corrected chi connectivity index (χ0v) is 11.8. The van der Waals surface area contributed by atoms with Crippen LogP contribution in [0.4, 0.5) is 4.39 Å². The van der Waals surface area contributed by atoms with Crippen molar-refractivity contribution in [2.45, 2.75) is 30.7 Å². The molecule has 2 aliphatic heterocycles. The molecule has 1 amide bonds. The van der Waals surface area contributed by atoms with E-state index in [1.807, 2.05) is 6.92 Å². The molecule has 2 atom stereocenters. The molecule has 2 unspecified atom stereocenters. The maximum absolute atomic E-state index is 13.5. The van der Waals surface area contributed by atoms with Gasteiger partial charge in [-0.3, -0.25) is 4.79 Å². The van der Waals surface area contributed by atoms with Crippen molar-refractivity contribution in [3.63, 3.8) is 0 Å². The van der Waals surface area contributed by atoms with Crippen LogP contribution in [-0.2, 0) is 9.59 Å². The van der Waals surface area contributed by atoms with Crippen molar-refractivity contribution in [2.75, 3.05) is 5.75 Å². The zero-order chi connectivity index (χ0) is 14.3. The van der Waals surface area contributed by atoms with Gasteiger partial charge in [0.15, 0.2) is 11.6 Å². The minimum atomic E-state index is -0.625. The van der Waals surface area contributed by atoms with Crippen molar-refractivity contribution in [2.24, 2.45) is 0 Å². The summed E-state index contributed by atoms with van der Waals surface area (Å²) in [6, 6.07) is 5.14. The summed E-state index contributed by atoms with van der Waals surface area (Å²) >= 11 is 1.58. The van der Waals surface area contributed by atoms with Crippen molar-refractivity contribution in [1.82, 2.24) is 4.90 Å². The molecule has 20 heavy (non-hydrogen) atoms. The van der Waals surface area contributed by atoms with Crippen LogP contribution in [0.15, 0.2) is 24.3 Å². The molecule has 106 valence electrons. The molecule has 2 heterocycles. The molecule has 0 spiro atoms. The Kier molecular flexibility index (Phi) is 3.20. The first kappa shape index (κ1) is 13.4. The Morgan fingerprint density at radius 1 is 1.50 bits per heavy atom. The predicted octanol–water partition coefficient (Wildman–Crippen LogP) is 2.19. The lowest BCUT2D eigenvalue weighted by atomic mass is 10.2. The summed E-state index contributed by atoms with van der Waals surface area (Å²) in [6.07, 6.45) is 1.19. The topological polar surface area (TPSA) is 46.6 Å². The van der Waals surface area contributed by atoms with Crippen molar-refractivity contribution in [3.8, 4) is 5.75 Å². The Labute approximate surface area is 120 Å². The smallest absolute Gasteiger partial charge is 0.335 e. The number of para-hydroxylation sites is 1. The summed E-state index contributed by atoms with van der Waals surface area (Å²) in [7, 11) is 0. The second-order valence-corrected chi connectivity index (χ2v) is 6.62. The first-order valence-electron chi connectivity index (χ1n) is 6.44. The second-order valence-electron chi connectivity index (χ2n) is 5.12. The highest BCUT2D eigenvalue weighted by Crippen LogP contribution is 2.47. The number of rotatable bonds is 2. The Bertz CT molecular complexity index is 579. The average Bonchev–Trinajstić information content (AvgIpc) is 2.90. The maximum Gasteiger partial charge on any atom is 0.335 e. The van der Waals surface area contributed by atoms with Crippen molar-refractivity contribution in [3.05, 3.63) is 30.1 Å². The van der Waals surface area contributed by atoms with E-state index in [2.05, 4.69) is 0 Å². The Morgan fingerprint density at radius 3 is 3.00 bits per heavy atom. The Morgan fingerprint density at radius 2 is 2.25 bits per heavy atom. The van der Waals surface area contributed by atoms with Gasteiger partial charge in [0, 0.05) is 12.2 Å². The first-order valence-corrected chi connectivity index (χ1v) is 7.42. The van der Waals surface area contributed by atoms with Crippen LogP contribution in [-0.4, -0.2) is 33.4 Å². The number of hydrogen-bond acceptors (Lipinski definition) is 4. The quantitative estimate of drug-likeness (QED) is 0.620. The zero-order valence-electron chi connectivity index (χ0n) is 11.0. The molecule has 0 saturated carbocycles. The molecule has 1 aromatic rings. The molecule has 6 heteroatoms. The summed E-state index contributed by atoms with van der Waals surface area (Å²) in [5.74, 6) is -0.783. The van der Waals surface area contributed by atoms with Crippen LogP contribution in [0.1, 0.15) is 19.8 Å². The molecule has 1 aromatic carbocycles. The third-order valence-electron chi connectivity index (χ3n) is 3.76. The fourth-order valence-electron chi connectivity index (χ4n) is 2.70. The minimum Gasteiger partial charge on any atom is -0.422 e. The summed E-state index contributed by atoms with van der Waals surface area (Å²) in [4.78, 5) is 25.4. The van der Waals surface area contributed by atoms with Crippen molar-refractivity contribution < 1.29 is 18.7 Å². The van der Waals surface area contributed by atoms with E-state index in [4.69, 9.17) is 4.74 Å². The van der Waals surface area contributed by atoms with Crippen LogP contribution in [0.2, 0.25) is 0 Å². The molecule has 4 nitrogen and oxygen atoms in total. The van der Waals surface area contributed by atoms with Crippen LogP contribution >= 0.6 is 11.8 Å². The van der Waals surface area contributed by atoms with E-state index < -0.39 is 17.8 Å². The summed E-state index contributed by atoms with van der Waals surface area (Å²) in [5, 5.41) is 0. The molecule has 0 bridgehead atoms. The number of carbonyl (C=O) groups is 2. The van der Waals surface area contributed by atoms with Crippen LogP contribution in [0.5, 0.6) is 5.75 Å². The molecule has 2 fully saturated rings. The van der Waals surface area contributed by atoms with Gasteiger partial charge in [-0.25, -0.2) is 9.18 Å². The van der Waals surface area contributed by atoms with E-state index in [1.165, 1.54) is 18.2 Å². The number of carbonyl (C=O) groups excluding carboxylic acids is 2. The number of hydrogen-bond donors (Lipinski definition) is 0. The lowest BCUT2D eigenvalue weighted by molar-refractivity contribution is -0.146. The lowest BCUT2D eigenvalue weighted by Crippen LogP contribution is -2.47. The SMILES string of the molecule is CC12CCC(=O)N1C(C(=O)Oc1ccccc1F)CS2. The van der Waals surface area contributed by atoms with Gasteiger partial charge in [0.05, 0.1) is 4.87 Å². The van der Waals surface area contributed by atoms with E-state index in [0.717, 1.165) is 6.42 Å². The summed E-state index contributed by atoms with van der Waals surface area (Å²) in [6.45, 7) is 1.96. The number of ether oxygens (including phenoxy) is 1. The third kappa shape index (κ3) is 2.08. The predicted molar refractivity (Wildman–Crippen MR) is 72.8 cm³/mol. The molecule has 3 rings (SSSR count). The monoisotopic (exact) mass is 295 g/mol. The Hall–Kier alpha value is -1.56. The van der Waals surface area contributed by atoms with Gasteiger partial charge in [-0.05, 0) is 25.5 Å². The highest BCUT2D eigenvalue weighted by atomic mass is 32.2. The summed E-state index contributed by atoms with van der Waals surface area (Å²) < 4.78 is 18.6. The van der Waals surface area contributed by atoms with Gasteiger partial charge in [-0.15, -0.1) is 11.8 Å². The van der Waals surface area contributed by atoms with Gasteiger partial charge >= 0.3 is 5.97 Å². The fraction of sp³-hybridized carbons (Fsp3) is 0.429. The highest BCUT2D eigenvalue weighted by Gasteiger charge is 2.53. The van der Waals surface area contributed by atoms with Gasteiger partial charge in [-0.1, -0.05) is 12.1 Å². The number of benzene rings is 1. The van der Waals surface area contributed by atoms with Gasteiger partial charge in [0.1, 0.15) is 6.04 Å². The van der Waals surface area contributed by atoms with E-state index in [0.29, 0.717) is 12.2 Å². The number of thioether (sulfide) groups is 1. The molecule has 0 aliphatic carbocycles. The fourth-order valence-corrected chi connectivity index (χ4v) is 4.12. The van der Waals surface area contributed by atoms with Crippen molar-refractivity contribution >= 4 is 23.6 Å². The lowest BCUT2D eigenvalue weighted by Gasteiger charge is -2.29. The largest absolute Gasteiger partial charge is 0.422 e. The number of nitrogens with zero attached hydrogens (tertiary/aromatic N) is 1. The normalized spacial score (nSPS) is 28.6. The van der Waals surface area contributed by atoms with Crippen molar-refractivity contribution in [1.29, 1.82) is 0 Å². The number of fused-ring (bicyclic) bond motifs is 1. The first-order chi connectivity index (χ1) is 9.51. The Balaban J connectivity index is 1.79. The van der Waals surface area contributed by atoms with Gasteiger partial charge in [-0.2, -0.15) is 0 Å². The third-order valence-corrected chi connectivity index (χ3v) is 5.27. The second kappa shape index (κ2) is 4.77. The highest BCUT2D eigenvalue weighted by molar-refractivity contribution is 8.01. The van der Waals surface area contributed by atoms with Crippen LogP contribution in [0.25, 0.3) is 0 Å². The standard InChI is InChI=1S/C14H14FNO3S/c1-14-7-6-12(17)16(14)10(8-20-14)13(18)19-11-5-3-2-4-9(11)15/h2-5,10H,6-8H2,1H3. The molecule has 0 N–H and O–H groups in total. The average molecular weight is 295 g/mol. The minimum absolute atomic E-state index is 0.0343. The van der Waals surface area contributed by atoms with Gasteiger partial charge in [0.2, 0.25) is 5.91 Å². The molecular formula is C14H14FNO3S. The van der Waals surface area contributed by atoms with Gasteiger partial charge in [0.25, 0.3) is 0 Å². The van der Waals surface area contributed by atoms with Gasteiger partial charge < -0.3 is 9.64 Å². The summed E-state index contributed by atoms with van der Waals surface area (Å²) in [5.41, 5.74) is 0. The van der Waals surface area contributed by atoms with Crippen LogP contribution in [0.3, 0.4) is 0 Å². The molecule has 2 aliphatic rings. The number of esters is 1. The van der Waals surface area contributed by atoms with E-state index in [1.54, 1.807) is 22.7 Å².